The van der Waals surface area contributed by atoms with Gasteiger partial charge in [0, 0.05) is 31.5 Å². The number of ether oxygens (including phenoxy) is 1. The Morgan fingerprint density at radius 1 is 0.939 bits per heavy atom. The van der Waals surface area contributed by atoms with E-state index < -0.39 is 6.04 Å². The third-order valence-electron chi connectivity index (χ3n) is 5.31. The van der Waals surface area contributed by atoms with Gasteiger partial charge in [-0.15, -0.1) is 0 Å². The summed E-state index contributed by atoms with van der Waals surface area (Å²) in [5.41, 5.74) is 1.86. The summed E-state index contributed by atoms with van der Waals surface area (Å²) in [6.45, 7) is 0.716. The quantitative estimate of drug-likeness (QED) is 0.411. The van der Waals surface area contributed by atoms with Gasteiger partial charge in [-0.2, -0.15) is 0 Å². The molecule has 3 aromatic rings. The van der Waals surface area contributed by atoms with Crippen molar-refractivity contribution in [1.29, 1.82) is 0 Å². The summed E-state index contributed by atoms with van der Waals surface area (Å²) in [5, 5.41) is 3.32. The van der Waals surface area contributed by atoms with E-state index in [-0.39, 0.29) is 18.2 Å². The predicted molar refractivity (Wildman–Crippen MR) is 131 cm³/mol. The summed E-state index contributed by atoms with van der Waals surface area (Å²) in [6, 6.07) is 26.0. The summed E-state index contributed by atoms with van der Waals surface area (Å²) < 4.78 is 5.73. The lowest BCUT2D eigenvalue weighted by Gasteiger charge is -2.31. The molecular weight excluding hydrogens is 436 g/mol. The lowest BCUT2D eigenvalue weighted by atomic mass is 10.0. The molecule has 1 atom stereocenters. The zero-order valence-electron chi connectivity index (χ0n) is 18.7. The number of hydrogen-bond acceptors (Lipinski definition) is 3. The minimum Gasteiger partial charge on any atom is -0.494 e. The lowest BCUT2D eigenvalue weighted by Crippen LogP contribution is -2.49. The van der Waals surface area contributed by atoms with Gasteiger partial charge in [0.1, 0.15) is 11.8 Å². The molecule has 0 aliphatic carbocycles. The number of hydrogen-bond donors (Lipinski definition) is 1. The molecule has 5 nitrogen and oxygen atoms in total. The number of halogens is 1. The van der Waals surface area contributed by atoms with Crippen LogP contribution in [0.4, 0.5) is 0 Å². The Balaban J connectivity index is 1.75. The zero-order valence-corrected chi connectivity index (χ0v) is 19.5. The Kier molecular flexibility index (Phi) is 9.33. The van der Waals surface area contributed by atoms with E-state index in [0.717, 1.165) is 16.9 Å². The molecule has 0 saturated carbocycles. The highest BCUT2D eigenvalue weighted by molar-refractivity contribution is 6.30. The molecule has 3 aromatic carbocycles. The van der Waals surface area contributed by atoms with Crippen LogP contribution in [0.2, 0.25) is 5.02 Å². The third kappa shape index (κ3) is 7.65. The van der Waals surface area contributed by atoms with Crippen molar-refractivity contribution in [1.82, 2.24) is 10.2 Å². The van der Waals surface area contributed by atoms with Crippen LogP contribution in [0.3, 0.4) is 0 Å². The first kappa shape index (κ1) is 24.3. The molecule has 2 amide bonds. The van der Waals surface area contributed by atoms with Gasteiger partial charge >= 0.3 is 0 Å². The number of rotatable bonds is 11. The van der Waals surface area contributed by atoms with Crippen LogP contribution in [-0.4, -0.2) is 36.4 Å². The summed E-state index contributed by atoms with van der Waals surface area (Å²) in [5.74, 6) is 0.471. The monoisotopic (exact) mass is 464 g/mol. The third-order valence-corrected chi connectivity index (χ3v) is 5.54. The van der Waals surface area contributed by atoms with Crippen molar-refractivity contribution in [3.63, 3.8) is 0 Å². The Hall–Kier alpha value is -3.31. The Bertz CT molecular complexity index is 1030. The maximum atomic E-state index is 13.4. The molecule has 0 aliphatic heterocycles. The second kappa shape index (κ2) is 12.7. The fourth-order valence-electron chi connectivity index (χ4n) is 3.63. The van der Waals surface area contributed by atoms with E-state index in [0.29, 0.717) is 31.0 Å². The van der Waals surface area contributed by atoms with Crippen LogP contribution in [0.15, 0.2) is 84.9 Å². The second-order valence-electron chi connectivity index (χ2n) is 7.74. The minimum absolute atomic E-state index is 0.101. The van der Waals surface area contributed by atoms with E-state index in [1.807, 2.05) is 78.9 Å². The smallest absolute Gasteiger partial charge is 0.242 e. The van der Waals surface area contributed by atoms with Crippen LogP contribution >= 0.6 is 11.6 Å². The van der Waals surface area contributed by atoms with Gasteiger partial charge < -0.3 is 15.0 Å². The summed E-state index contributed by atoms with van der Waals surface area (Å²) in [4.78, 5) is 27.9. The van der Waals surface area contributed by atoms with E-state index in [1.165, 1.54) is 0 Å². The molecule has 0 aliphatic rings. The maximum absolute atomic E-state index is 13.4. The molecule has 0 heterocycles. The first-order chi connectivity index (χ1) is 16.1. The molecule has 0 fully saturated rings. The average molecular weight is 465 g/mol. The van der Waals surface area contributed by atoms with Crippen LogP contribution < -0.4 is 10.1 Å². The molecule has 172 valence electrons. The molecule has 0 saturated heterocycles. The van der Waals surface area contributed by atoms with Crippen LogP contribution in [0.1, 0.15) is 24.0 Å². The lowest BCUT2D eigenvalue weighted by molar-refractivity contribution is -0.141. The van der Waals surface area contributed by atoms with E-state index in [9.17, 15) is 9.59 Å². The predicted octanol–water partition coefficient (Wildman–Crippen LogP) is 4.89. The summed E-state index contributed by atoms with van der Waals surface area (Å²) >= 11 is 6.17. The van der Waals surface area contributed by atoms with Gasteiger partial charge in [-0.25, -0.2) is 0 Å². The minimum atomic E-state index is -0.640. The van der Waals surface area contributed by atoms with Gasteiger partial charge in [-0.05, 0) is 41.8 Å². The second-order valence-corrected chi connectivity index (χ2v) is 8.17. The topological polar surface area (TPSA) is 58.6 Å². The zero-order chi connectivity index (χ0) is 23.5. The molecule has 0 aromatic heterocycles. The summed E-state index contributed by atoms with van der Waals surface area (Å²) in [6.07, 6.45) is 1.24. The Labute approximate surface area is 200 Å². The van der Waals surface area contributed by atoms with E-state index in [4.69, 9.17) is 16.3 Å². The number of likely N-dealkylation sites (N-methyl/N-ethyl adjacent to an activating group) is 1. The van der Waals surface area contributed by atoms with Crippen LogP contribution in [0.25, 0.3) is 0 Å². The normalized spacial score (nSPS) is 11.5. The molecule has 6 heteroatoms. The maximum Gasteiger partial charge on any atom is 0.242 e. The van der Waals surface area contributed by atoms with Gasteiger partial charge in [0.15, 0.2) is 0 Å². The molecular formula is C27H29ClN2O3. The van der Waals surface area contributed by atoms with Crippen molar-refractivity contribution in [2.24, 2.45) is 0 Å². The molecule has 0 bridgehead atoms. The van der Waals surface area contributed by atoms with E-state index >= 15 is 0 Å². The number of carbonyl (C=O) groups is 2. The molecule has 0 unspecified atom stereocenters. The average Bonchev–Trinajstić information content (AvgIpc) is 2.84. The number of para-hydroxylation sites is 1. The standard InChI is InChI=1S/C27H29ClN2O3/c1-29-27(32)25(19-21-10-4-2-5-11-21)30(20-22-12-8-13-23(28)18-22)26(31)16-9-17-33-24-14-6-3-7-15-24/h2-8,10-15,18,25H,9,16-17,19-20H2,1H3,(H,29,32)/t25-/m1/s1. The Morgan fingerprint density at radius 2 is 1.61 bits per heavy atom. The molecule has 1 N–H and O–H groups in total. The van der Waals surface area contributed by atoms with Crippen LogP contribution in [-0.2, 0) is 22.6 Å². The molecule has 0 spiro atoms. The van der Waals surface area contributed by atoms with E-state index in [2.05, 4.69) is 5.32 Å². The Morgan fingerprint density at radius 3 is 2.27 bits per heavy atom. The molecule has 0 radical (unpaired) electrons. The fourth-order valence-corrected chi connectivity index (χ4v) is 3.84. The number of benzene rings is 3. The summed E-state index contributed by atoms with van der Waals surface area (Å²) in [7, 11) is 1.59. The number of nitrogens with one attached hydrogen (secondary N) is 1. The molecule has 3 rings (SSSR count). The fraction of sp³-hybridized carbons (Fsp3) is 0.259. The molecule has 33 heavy (non-hydrogen) atoms. The number of nitrogens with zero attached hydrogens (tertiary/aromatic N) is 1. The van der Waals surface area contributed by atoms with Gasteiger partial charge in [-0.1, -0.05) is 72.3 Å². The van der Waals surface area contributed by atoms with Gasteiger partial charge in [0.25, 0.3) is 0 Å². The van der Waals surface area contributed by atoms with Crippen LogP contribution in [0.5, 0.6) is 5.75 Å². The van der Waals surface area contributed by atoms with Gasteiger partial charge in [0.05, 0.1) is 6.61 Å². The number of carbonyl (C=O) groups excluding carboxylic acids is 2. The van der Waals surface area contributed by atoms with Crippen molar-refractivity contribution in [3.8, 4) is 5.75 Å². The van der Waals surface area contributed by atoms with Crippen molar-refractivity contribution in [3.05, 3.63) is 101 Å². The van der Waals surface area contributed by atoms with Crippen LogP contribution in [0, 0.1) is 0 Å². The van der Waals surface area contributed by atoms with Gasteiger partial charge in [-0.3, -0.25) is 9.59 Å². The van der Waals surface area contributed by atoms with Crippen molar-refractivity contribution < 1.29 is 14.3 Å². The number of amides is 2. The van der Waals surface area contributed by atoms with E-state index in [1.54, 1.807) is 18.0 Å². The van der Waals surface area contributed by atoms with Crippen molar-refractivity contribution in [2.75, 3.05) is 13.7 Å². The largest absolute Gasteiger partial charge is 0.494 e. The van der Waals surface area contributed by atoms with Gasteiger partial charge in [0.2, 0.25) is 11.8 Å². The SMILES string of the molecule is CNC(=O)[C@@H](Cc1ccccc1)N(Cc1cccc(Cl)c1)C(=O)CCCOc1ccccc1. The highest BCUT2D eigenvalue weighted by Gasteiger charge is 2.29. The van der Waals surface area contributed by atoms with Crippen molar-refractivity contribution >= 4 is 23.4 Å². The van der Waals surface area contributed by atoms with Crippen molar-refractivity contribution in [2.45, 2.75) is 31.8 Å². The highest BCUT2D eigenvalue weighted by atomic mass is 35.5. The first-order valence-electron chi connectivity index (χ1n) is 11.0. The highest BCUT2D eigenvalue weighted by Crippen LogP contribution is 2.19. The first-order valence-corrected chi connectivity index (χ1v) is 11.4.